The second-order valence-corrected chi connectivity index (χ2v) is 5.03. The Morgan fingerprint density at radius 1 is 1.35 bits per heavy atom. The largest absolute Gasteiger partial charge is 0.497 e. The van der Waals surface area contributed by atoms with Gasteiger partial charge >= 0.3 is 0 Å². The number of amides is 1. The fourth-order valence-corrected chi connectivity index (χ4v) is 2.21. The van der Waals surface area contributed by atoms with Crippen LogP contribution in [-0.2, 0) is 13.6 Å². The molecule has 118 valence electrons. The highest BCUT2D eigenvalue weighted by molar-refractivity contribution is 5.93. The van der Waals surface area contributed by atoms with E-state index in [0.29, 0.717) is 17.9 Å². The molecule has 0 aliphatic heterocycles. The van der Waals surface area contributed by atoms with Gasteiger partial charge < -0.3 is 10.1 Å². The van der Waals surface area contributed by atoms with Crippen LogP contribution in [-0.4, -0.2) is 33.0 Å². The van der Waals surface area contributed by atoms with E-state index in [-0.39, 0.29) is 5.91 Å². The van der Waals surface area contributed by atoms with Crippen LogP contribution in [0.2, 0.25) is 0 Å². The Balaban J connectivity index is 1.71. The van der Waals surface area contributed by atoms with Gasteiger partial charge in [-0.15, -0.1) is 0 Å². The zero-order chi connectivity index (χ0) is 16.2. The summed E-state index contributed by atoms with van der Waals surface area (Å²) in [5.41, 5.74) is 2.90. The summed E-state index contributed by atoms with van der Waals surface area (Å²) in [5.74, 6) is 0.528. The summed E-state index contributed by atoms with van der Waals surface area (Å²) in [5, 5.41) is 13.8. The molecule has 0 bridgehead atoms. The summed E-state index contributed by atoms with van der Waals surface area (Å²) in [6.45, 7) is 0.406. The lowest BCUT2D eigenvalue weighted by Gasteiger charge is -2.03. The molecule has 7 nitrogen and oxygen atoms in total. The third-order valence-corrected chi connectivity index (χ3v) is 3.54. The number of nitrogens with zero attached hydrogens (tertiary/aromatic N) is 3. The number of methoxy groups -OCH3 is 1. The molecule has 0 spiro atoms. The number of ether oxygens (including phenoxy) is 1. The number of nitrogens with one attached hydrogen (secondary N) is 2. The van der Waals surface area contributed by atoms with E-state index in [1.807, 2.05) is 37.4 Å². The minimum atomic E-state index is -0.215. The van der Waals surface area contributed by atoms with Crippen LogP contribution in [0.15, 0.2) is 42.6 Å². The third kappa shape index (κ3) is 3.23. The topological polar surface area (TPSA) is 84.8 Å². The van der Waals surface area contributed by atoms with Gasteiger partial charge in [0.1, 0.15) is 11.4 Å². The predicted octanol–water partition coefficient (Wildman–Crippen LogP) is 1.75. The van der Waals surface area contributed by atoms with Crippen molar-refractivity contribution >= 4 is 5.91 Å². The Hall–Kier alpha value is -3.09. The number of carbonyl (C=O) groups is 1. The molecule has 0 aliphatic rings. The normalized spacial score (nSPS) is 10.5. The molecule has 3 rings (SSSR count). The van der Waals surface area contributed by atoms with Crippen LogP contribution in [0.1, 0.15) is 16.2 Å². The first-order chi connectivity index (χ1) is 11.2. The third-order valence-electron chi connectivity index (χ3n) is 3.54. The maximum absolute atomic E-state index is 12.2. The number of H-pyrrole nitrogens is 1. The lowest BCUT2D eigenvalue weighted by Crippen LogP contribution is -2.24. The van der Waals surface area contributed by atoms with Gasteiger partial charge in [-0.1, -0.05) is 12.1 Å². The van der Waals surface area contributed by atoms with Gasteiger partial charge in [0, 0.05) is 18.8 Å². The molecule has 0 radical (unpaired) electrons. The fourth-order valence-electron chi connectivity index (χ4n) is 2.21. The standard InChI is InChI=1S/C16H17N5O2/c1-21-12(6-7-18-21)10-17-16(22)15-9-14(19-20-15)11-4-3-5-13(8-11)23-2/h3-9H,10H2,1-2H3,(H,17,22)(H,19,20). The van der Waals surface area contributed by atoms with Gasteiger partial charge in [0.25, 0.3) is 5.91 Å². The van der Waals surface area contributed by atoms with Crippen LogP contribution in [0.25, 0.3) is 11.3 Å². The van der Waals surface area contributed by atoms with Gasteiger partial charge in [0.05, 0.1) is 25.0 Å². The maximum Gasteiger partial charge on any atom is 0.269 e. The van der Waals surface area contributed by atoms with Crippen molar-refractivity contribution in [1.82, 2.24) is 25.3 Å². The highest BCUT2D eigenvalue weighted by Gasteiger charge is 2.12. The van der Waals surface area contributed by atoms with Crippen molar-refractivity contribution in [2.45, 2.75) is 6.54 Å². The lowest BCUT2D eigenvalue weighted by molar-refractivity contribution is 0.0945. The van der Waals surface area contributed by atoms with Gasteiger partial charge in [-0.3, -0.25) is 14.6 Å². The zero-order valence-corrected chi connectivity index (χ0v) is 12.9. The second kappa shape index (κ2) is 6.35. The van der Waals surface area contributed by atoms with Gasteiger partial charge in [-0.25, -0.2) is 0 Å². The summed E-state index contributed by atoms with van der Waals surface area (Å²) in [4.78, 5) is 12.2. The van der Waals surface area contributed by atoms with E-state index in [2.05, 4.69) is 20.6 Å². The van der Waals surface area contributed by atoms with Crippen molar-refractivity contribution in [1.29, 1.82) is 0 Å². The van der Waals surface area contributed by atoms with Gasteiger partial charge in [0.15, 0.2) is 0 Å². The zero-order valence-electron chi connectivity index (χ0n) is 12.9. The number of hydrogen-bond donors (Lipinski definition) is 2. The highest BCUT2D eigenvalue weighted by atomic mass is 16.5. The number of rotatable bonds is 5. The van der Waals surface area contributed by atoms with Crippen molar-refractivity contribution in [2.24, 2.45) is 7.05 Å². The summed E-state index contributed by atoms with van der Waals surface area (Å²) in [7, 11) is 3.44. The number of benzene rings is 1. The molecular formula is C16H17N5O2. The van der Waals surface area contributed by atoms with Crippen LogP contribution >= 0.6 is 0 Å². The van der Waals surface area contributed by atoms with E-state index in [0.717, 1.165) is 17.0 Å². The average molecular weight is 311 g/mol. The molecule has 0 atom stereocenters. The quantitative estimate of drug-likeness (QED) is 0.752. The number of hydrogen-bond acceptors (Lipinski definition) is 4. The molecule has 0 fully saturated rings. The fraction of sp³-hybridized carbons (Fsp3) is 0.188. The van der Waals surface area contributed by atoms with Gasteiger partial charge in [-0.05, 0) is 24.3 Å². The van der Waals surface area contributed by atoms with Crippen molar-refractivity contribution < 1.29 is 9.53 Å². The molecule has 7 heteroatoms. The van der Waals surface area contributed by atoms with Crippen molar-refractivity contribution in [3.63, 3.8) is 0 Å². The molecule has 2 aromatic heterocycles. The average Bonchev–Trinajstić information content (AvgIpc) is 3.22. The second-order valence-electron chi connectivity index (χ2n) is 5.03. The highest BCUT2D eigenvalue weighted by Crippen LogP contribution is 2.22. The molecule has 1 aromatic carbocycles. The van der Waals surface area contributed by atoms with Crippen molar-refractivity contribution in [3.05, 3.63) is 54.0 Å². The Kier molecular flexibility index (Phi) is 4.09. The summed E-state index contributed by atoms with van der Waals surface area (Å²) >= 11 is 0. The maximum atomic E-state index is 12.2. The van der Waals surface area contributed by atoms with Crippen LogP contribution in [0.3, 0.4) is 0 Å². The molecule has 1 amide bonds. The van der Waals surface area contributed by atoms with E-state index in [9.17, 15) is 4.79 Å². The molecule has 0 aliphatic carbocycles. The summed E-state index contributed by atoms with van der Waals surface area (Å²) in [6, 6.07) is 11.1. The van der Waals surface area contributed by atoms with Crippen LogP contribution in [0.5, 0.6) is 5.75 Å². The molecular weight excluding hydrogens is 294 g/mol. The van der Waals surface area contributed by atoms with E-state index in [1.165, 1.54) is 0 Å². The molecule has 3 aromatic rings. The molecule has 0 saturated carbocycles. The Morgan fingerprint density at radius 3 is 2.96 bits per heavy atom. The van der Waals surface area contributed by atoms with Gasteiger partial charge in [-0.2, -0.15) is 10.2 Å². The smallest absolute Gasteiger partial charge is 0.269 e. The minimum absolute atomic E-state index is 0.215. The van der Waals surface area contributed by atoms with Crippen molar-refractivity contribution in [3.8, 4) is 17.0 Å². The predicted molar refractivity (Wildman–Crippen MR) is 85.0 cm³/mol. The number of aromatic amines is 1. The van der Waals surface area contributed by atoms with E-state index >= 15 is 0 Å². The first-order valence-electron chi connectivity index (χ1n) is 7.12. The molecule has 0 unspecified atom stereocenters. The van der Waals surface area contributed by atoms with Crippen LogP contribution < -0.4 is 10.1 Å². The van der Waals surface area contributed by atoms with E-state index in [4.69, 9.17) is 4.74 Å². The Bertz CT molecular complexity index is 821. The summed E-state index contributed by atoms with van der Waals surface area (Å²) in [6.07, 6.45) is 1.69. The Labute approximate surface area is 133 Å². The van der Waals surface area contributed by atoms with Crippen LogP contribution in [0, 0.1) is 0 Å². The SMILES string of the molecule is COc1cccc(-c2cc(C(=O)NCc3ccnn3C)[nH]n2)c1. The monoisotopic (exact) mass is 311 g/mol. The van der Waals surface area contributed by atoms with Crippen LogP contribution in [0.4, 0.5) is 0 Å². The first kappa shape index (κ1) is 14.8. The summed E-state index contributed by atoms with van der Waals surface area (Å²) < 4.78 is 6.91. The van der Waals surface area contributed by atoms with E-state index < -0.39 is 0 Å². The molecule has 2 N–H and O–H groups in total. The lowest BCUT2D eigenvalue weighted by atomic mass is 10.1. The van der Waals surface area contributed by atoms with E-state index in [1.54, 1.807) is 24.1 Å². The number of aryl methyl sites for hydroxylation is 1. The first-order valence-corrected chi connectivity index (χ1v) is 7.12. The molecule has 0 saturated heterocycles. The van der Waals surface area contributed by atoms with Crippen molar-refractivity contribution in [2.75, 3.05) is 7.11 Å². The number of aromatic nitrogens is 4. The number of carbonyl (C=O) groups excluding carboxylic acids is 1. The molecule has 2 heterocycles. The Morgan fingerprint density at radius 2 is 2.22 bits per heavy atom. The molecule has 23 heavy (non-hydrogen) atoms. The van der Waals surface area contributed by atoms with Gasteiger partial charge in [0.2, 0.25) is 0 Å². The minimum Gasteiger partial charge on any atom is -0.497 e.